The predicted molar refractivity (Wildman–Crippen MR) is 74.1 cm³/mol. The van der Waals surface area contributed by atoms with Crippen LogP contribution >= 0.6 is 0 Å². The first-order valence-corrected chi connectivity index (χ1v) is 5.96. The first kappa shape index (κ1) is 11.9. The van der Waals surface area contributed by atoms with Crippen LogP contribution in [0.5, 0.6) is 0 Å². The maximum absolute atomic E-state index is 5.61. The lowest BCUT2D eigenvalue weighted by Crippen LogP contribution is -2.05. The Bertz CT molecular complexity index is 521. The molecule has 2 rings (SSSR count). The largest absolute Gasteiger partial charge is 0.374 e. The highest BCUT2D eigenvalue weighted by molar-refractivity contribution is 5.93. The molecule has 2 aromatic rings. The molecule has 0 amide bonds. The molecule has 0 aliphatic heterocycles. The molecule has 0 aliphatic rings. The molecule has 0 fully saturated rings. The number of rotatable bonds is 4. The highest BCUT2D eigenvalue weighted by atomic mass is 16.5. The predicted octanol–water partition coefficient (Wildman–Crippen LogP) is 4.28. The second kappa shape index (κ2) is 5.15. The molecule has 0 saturated heterocycles. The molecule has 17 heavy (non-hydrogen) atoms. The van der Waals surface area contributed by atoms with E-state index < -0.39 is 0 Å². The van der Waals surface area contributed by atoms with Crippen LogP contribution in [0.25, 0.3) is 16.3 Å². The van der Waals surface area contributed by atoms with Gasteiger partial charge >= 0.3 is 0 Å². The maximum atomic E-state index is 5.61. The van der Waals surface area contributed by atoms with E-state index in [0.717, 1.165) is 5.57 Å². The van der Waals surface area contributed by atoms with Gasteiger partial charge in [0, 0.05) is 0 Å². The van der Waals surface area contributed by atoms with Crippen molar-refractivity contribution in [3.05, 3.63) is 54.6 Å². The lowest BCUT2D eigenvalue weighted by Gasteiger charge is -2.12. The summed E-state index contributed by atoms with van der Waals surface area (Å²) < 4.78 is 5.61. The summed E-state index contributed by atoms with van der Waals surface area (Å²) in [7, 11) is 0. The summed E-state index contributed by atoms with van der Waals surface area (Å²) >= 11 is 0. The first-order chi connectivity index (χ1) is 8.18. The second-order valence-corrected chi connectivity index (χ2v) is 4.49. The molecule has 0 spiro atoms. The normalized spacial score (nSPS) is 11.0. The van der Waals surface area contributed by atoms with Crippen LogP contribution in [0, 0.1) is 0 Å². The molecule has 88 valence electrons. The van der Waals surface area contributed by atoms with Gasteiger partial charge in [-0.1, -0.05) is 49.0 Å². The Balaban J connectivity index is 2.32. The number of hydrogen-bond acceptors (Lipinski definition) is 1. The number of ether oxygens (including phenoxy) is 1. The standard InChI is InChI=1S/C16H18O/c1-12(2)17-11-13(3)15-10-6-8-14-7-4-5-9-16(14)15/h4-10,12H,3,11H2,1-2H3. The van der Waals surface area contributed by atoms with Gasteiger partial charge in [-0.15, -0.1) is 0 Å². The zero-order valence-electron chi connectivity index (χ0n) is 10.4. The van der Waals surface area contributed by atoms with Crippen LogP contribution in [0.3, 0.4) is 0 Å². The van der Waals surface area contributed by atoms with Crippen molar-refractivity contribution in [2.75, 3.05) is 6.61 Å². The molecule has 1 heteroatoms. The molecule has 0 radical (unpaired) electrons. The molecule has 0 aliphatic carbocycles. The molecule has 0 saturated carbocycles. The minimum absolute atomic E-state index is 0.238. The van der Waals surface area contributed by atoms with Gasteiger partial charge < -0.3 is 4.74 Å². The van der Waals surface area contributed by atoms with Gasteiger partial charge in [0.25, 0.3) is 0 Å². The third-order valence-electron chi connectivity index (χ3n) is 2.76. The third-order valence-corrected chi connectivity index (χ3v) is 2.76. The second-order valence-electron chi connectivity index (χ2n) is 4.49. The highest BCUT2D eigenvalue weighted by Crippen LogP contribution is 2.24. The van der Waals surface area contributed by atoms with Crippen molar-refractivity contribution in [2.24, 2.45) is 0 Å². The summed E-state index contributed by atoms with van der Waals surface area (Å²) in [6.45, 7) is 8.79. The summed E-state index contributed by atoms with van der Waals surface area (Å²) in [4.78, 5) is 0. The van der Waals surface area contributed by atoms with Crippen molar-refractivity contribution in [3.63, 3.8) is 0 Å². The molecule has 0 aromatic heterocycles. The van der Waals surface area contributed by atoms with Crippen LogP contribution in [0.2, 0.25) is 0 Å². The van der Waals surface area contributed by atoms with Crippen molar-refractivity contribution in [2.45, 2.75) is 20.0 Å². The summed E-state index contributed by atoms with van der Waals surface area (Å²) in [5.41, 5.74) is 2.22. The average molecular weight is 226 g/mol. The van der Waals surface area contributed by atoms with Gasteiger partial charge in [0.15, 0.2) is 0 Å². The lowest BCUT2D eigenvalue weighted by atomic mass is 10.00. The van der Waals surface area contributed by atoms with Crippen LogP contribution in [0.15, 0.2) is 49.0 Å². The Hall–Kier alpha value is -1.60. The Kier molecular flexibility index (Phi) is 3.60. The van der Waals surface area contributed by atoms with E-state index in [1.54, 1.807) is 0 Å². The van der Waals surface area contributed by atoms with Crippen LogP contribution in [0.1, 0.15) is 19.4 Å². The summed E-state index contributed by atoms with van der Waals surface area (Å²) in [5.74, 6) is 0. The number of fused-ring (bicyclic) bond motifs is 1. The fourth-order valence-electron chi connectivity index (χ4n) is 1.88. The van der Waals surface area contributed by atoms with E-state index in [4.69, 9.17) is 4.74 Å². The Morgan fingerprint density at radius 2 is 1.82 bits per heavy atom. The molecule has 2 aromatic carbocycles. The van der Waals surface area contributed by atoms with Crippen LogP contribution in [-0.2, 0) is 4.74 Å². The van der Waals surface area contributed by atoms with Gasteiger partial charge in [0.05, 0.1) is 12.7 Å². The number of benzene rings is 2. The van der Waals surface area contributed by atoms with Crippen LogP contribution in [-0.4, -0.2) is 12.7 Å². The van der Waals surface area contributed by atoms with Crippen molar-refractivity contribution in [1.82, 2.24) is 0 Å². The van der Waals surface area contributed by atoms with Gasteiger partial charge in [-0.3, -0.25) is 0 Å². The first-order valence-electron chi connectivity index (χ1n) is 5.96. The Morgan fingerprint density at radius 1 is 1.12 bits per heavy atom. The molecule has 0 bridgehead atoms. The van der Waals surface area contributed by atoms with Gasteiger partial charge in [-0.2, -0.15) is 0 Å². The van der Waals surface area contributed by atoms with Crippen LogP contribution in [0.4, 0.5) is 0 Å². The van der Waals surface area contributed by atoms with Crippen molar-refractivity contribution in [1.29, 1.82) is 0 Å². The van der Waals surface area contributed by atoms with Gasteiger partial charge in [0.2, 0.25) is 0 Å². The third kappa shape index (κ3) is 2.75. The van der Waals surface area contributed by atoms with E-state index in [-0.39, 0.29) is 6.10 Å². The SMILES string of the molecule is C=C(COC(C)C)c1cccc2ccccc12. The average Bonchev–Trinajstić information content (AvgIpc) is 2.35. The summed E-state index contributed by atoms with van der Waals surface area (Å²) in [6, 6.07) is 14.7. The van der Waals surface area contributed by atoms with Crippen molar-refractivity contribution >= 4 is 16.3 Å². The van der Waals surface area contributed by atoms with Crippen molar-refractivity contribution < 1.29 is 4.74 Å². The zero-order chi connectivity index (χ0) is 12.3. The van der Waals surface area contributed by atoms with Gasteiger partial charge in [-0.05, 0) is 35.8 Å². The van der Waals surface area contributed by atoms with Crippen molar-refractivity contribution in [3.8, 4) is 0 Å². The fourth-order valence-corrected chi connectivity index (χ4v) is 1.88. The Labute approximate surface area is 103 Å². The van der Waals surface area contributed by atoms with E-state index in [0.29, 0.717) is 6.61 Å². The minimum atomic E-state index is 0.238. The van der Waals surface area contributed by atoms with Crippen LogP contribution < -0.4 is 0 Å². The lowest BCUT2D eigenvalue weighted by molar-refractivity contribution is 0.107. The smallest absolute Gasteiger partial charge is 0.0720 e. The monoisotopic (exact) mass is 226 g/mol. The zero-order valence-corrected chi connectivity index (χ0v) is 10.4. The fraction of sp³-hybridized carbons (Fsp3) is 0.250. The summed E-state index contributed by atoms with van der Waals surface area (Å²) in [6.07, 6.45) is 0.238. The van der Waals surface area contributed by atoms with E-state index in [9.17, 15) is 0 Å². The molecule has 0 N–H and O–H groups in total. The molecular weight excluding hydrogens is 208 g/mol. The molecular formula is C16H18O. The molecule has 0 heterocycles. The van der Waals surface area contributed by atoms with E-state index in [2.05, 4.69) is 49.0 Å². The van der Waals surface area contributed by atoms with E-state index >= 15 is 0 Å². The quantitative estimate of drug-likeness (QED) is 0.756. The highest BCUT2D eigenvalue weighted by Gasteiger charge is 2.05. The van der Waals surface area contributed by atoms with E-state index in [1.807, 2.05) is 13.8 Å². The Morgan fingerprint density at radius 3 is 2.59 bits per heavy atom. The topological polar surface area (TPSA) is 9.23 Å². The minimum Gasteiger partial charge on any atom is -0.374 e. The van der Waals surface area contributed by atoms with Gasteiger partial charge in [0.1, 0.15) is 0 Å². The van der Waals surface area contributed by atoms with Gasteiger partial charge in [-0.25, -0.2) is 0 Å². The summed E-state index contributed by atoms with van der Waals surface area (Å²) in [5, 5.41) is 2.49. The van der Waals surface area contributed by atoms with E-state index in [1.165, 1.54) is 16.3 Å². The molecule has 0 unspecified atom stereocenters. The molecule has 1 nitrogen and oxygen atoms in total. The maximum Gasteiger partial charge on any atom is 0.0720 e. The number of hydrogen-bond donors (Lipinski definition) is 0. The molecule has 0 atom stereocenters.